The SMILES string of the molecule is O=C([O-])c1ccc(-c2cc(-c3cnccn3)nc(-c3cnccn3)c2)cc1.[Na+]. The molecule has 0 amide bonds. The maximum Gasteiger partial charge on any atom is 1.00 e. The van der Waals surface area contributed by atoms with Crippen LogP contribution in [0.1, 0.15) is 10.4 Å². The molecule has 1 aromatic carbocycles. The van der Waals surface area contributed by atoms with Crippen LogP contribution in [0.15, 0.2) is 73.6 Å². The fourth-order valence-electron chi connectivity index (χ4n) is 2.62. The molecule has 0 aliphatic carbocycles. The van der Waals surface area contributed by atoms with Gasteiger partial charge in [-0.05, 0) is 28.8 Å². The Kier molecular flexibility index (Phi) is 6.20. The molecule has 0 unspecified atom stereocenters. The zero-order chi connectivity index (χ0) is 18.6. The number of nitrogens with zero attached hydrogens (tertiary/aromatic N) is 5. The molecule has 3 aromatic heterocycles. The van der Waals surface area contributed by atoms with Gasteiger partial charge in [0.15, 0.2) is 0 Å². The molecule has 0 saturated carbocycles. The van der Waals surface area contributed by atoms with Gasteiger partial charge < -0.3 is 9.90 Å². The van der Waals surface area contributed by atoms with Crippen LogP contribution in [0.4, 0.5) is 0 Å². The summed E-state index contributed by atoms with van der Waals surface area (Å²) in [6.07, 6.45) is 9.64. The summed E-state index contributed by atoms with van der Waals surface area (Å²) in [5, 5.41) is 11.0. The molecule has 0 saturated heterocycles. The molecule has 0 bridgehead atoms. The van der Waals surface area contributed by atoms with Gasteiger partial charge in [0.2, 0.25) is 0 Å². The van der Waals surface area contributed by atoms with Gasteiger partial charge in [-0.1, -0.05) is 24.3 Å². The van der Waals surface area contributed by atoms with E-state index in [2.05, 4.69) is 24.9 Å². The first kappa shape index (κ1) is 19.8. The molecule has 0 spiro atoms. The van der Waals surface area contributed by atoms with Gasteiger partial charge in [0.25, 0.3) is 0 Å². The van der Waals surface area contributed by atoms with Crippen molar-refractivity contribution < 1.29 is 39.5 Å². The van der Waals surface area contributed by atoms with E-state index in [-0.39, 0.29) is 35.1 Å². The second-order valence-electron chi connectivity index (χ2n) is 5.67. The number of carboxylic acids is 1. The van der Waals surface area contributed by atoms with Crippen LogP contribution in [0.3, 0.4) is 0 Å². The molecule has 4 rings (SSSR count). The van der Waals surface area contributed by atoms with E-state index >= 15 is 0 Å². The number of pyridine rings is 1. The van der Waals surface area contributed by atoms with E-state index in [4.69, 9.17) is 0 Å². The van der Waals surface area contributed by atoms with Crippen LogP contribution < -0.4 is 34.7 Å². The molecule has 0 aliphatic heterocycles. The van der Waals surface area contributed by atoms with Gasteiger partial charge >= 0.3 is 29.6 Å². The second kappa shape index (κ2) is 8.79. The molecule has 3 heterocycles. The van der Waals surface area contributed by atoms with Crippen LogP contribution in [0.2, 0.25) is 0 Å². The summed E-state index contributed by atoms with van der Waals surface area (Å²) in [5.74, 6) is -1.21. The maximum absolute atomic E-state index is 11.0. The van der Waals surface area contributed by atoms with Crippen molar-refractivity contribution in [2.24, 2.45) is 0 Å². The Balaban J connectivity index is 0.00000225. The number of aromatic nitrogens is 5. The molecule has 0 N–H and O–H groups in total. The number of hydrogen-bond donors (Lipinski definition) is 0. The van der Waals surface area contributed by atoms with E-state index in [9.17, 15) is 9.90 Å². The number of hydrogen-bond acceptors (Lipinski definition) is 7. The van der Waals surface area contributed by atoms with Crippen LogP contribution >= 0.6 is 0 Å². The van der Waals surface area contributed by atoms with E-state index < -0.39 is 5.97 Å². The molecule has 0 aliphatic rings. The Morgan fingerprint density at radius 1 is 0.714 bits per heavy atom. The number of rotatable bonds is 4. The predicted octanol–water partition coefficient (Wildman–Crippen LogP) is -0.970. The Morgan fingerprint density at radius 2 is 1.25 bits per heavy atom. The van der Waals surface area contributed by atoms with Crippen molar-refractivity contribution in [1.29, 1.82) is 0 Å². The number of carboxylic acid groups (broad SMARTS) is 1. The first-order valence-corrected chi connectivity index (χ1v) is 8.07. The minimum atomic E-state index is -1.21. The summed E-state index contributed by atoms with van der Waals surface area (Å²) >= 11 is 0. The van der Waals surface area contributed by atoms with Crippen LogP contribution in [0.5, 0.6) is 0 Å². The van der Waals surface area contributed by atoms with Crippen LogP contribution in [-0.2, 0) is 0 Å². The molecule has 7 nitrogen and oxygen atoms in total. The van der Waals surface area contributed by atoms with Gasteiger partial charge in [0.1, 0.15) is 11.4 Å². The quantitative estimate of drug-likeness (QED) is 0.422. The summed E-state index contributed by atoms with van der Waals surface area (Å²) in [6, 6.07) is 10.2. The second-order valence-corrected chi connectivity index (χ2v) is 5.67. The maximum atomic E-state index is 11.0. The summed E-state index contributed by atoms with van der Waals surface area (Å²) < 4.78 is 0. The Hall–Kier alpha value is -3.00. The Labute approximate surface area is 182 Å². The first-order valence-electron chi connectivity index (χ1n) is 8.07. The summed E-state index contributed by atoms with van der Waals surface area (Å²) in [5.41, 5.74) is 4.30. The smallest absolute Gasteiger partial charge is 0.545 e. The van der Waals surface area contributed by atoms with Crippen molar-refractivity contribution in [3.8, 4) is 33.9 Å². The average molecular weight is 377 g/mol. The number of aromatic carboxylic acids is 1. The fourth-order valence-corrected chi connectivity index (χ4v) is 2.62. The third-order valence-electron chi connectivity index (χ3n) is 3.93. The fraction of sp³-hybridized carbons (Fsp3) is 0. The van der Waals surface area contributed by atoms with Gasteiger partial charge in [-0.3, -0.25) is 19.9 Å². The molecular formula is C20H12N5NaO2. The Morgan fingerprint density at radius 3 is 1.68 bits per heavy atom. The van der Waals surface area contributed by atoms with Crippen molar-refractivity contribution in [3.05, 3.63) is 79.1 Å². The number of carbonyl (C=O) groups is 1. The monoisotopic (exact) mass is 377 g/mol. The molecule has 0 radical (unpaired) electrons. The van der Waals surface area contributed by atoms with Gasteiger partial charge in [-0.2, -0.15) is 0 Å². The van der Waals surface area contributed by atoms with Crippen molar-refractivity contribution in [1.82, 2.24) is 24.9 Å². The predicted molar refractivity (Wildman–Crippen MR) is 96.1 cm³/mol. The van der Waals surface area contributed by atoms with E-state index in [0.29, 0.717) is 22.8 Å². The molecule has 0 fully saturated rings. The number of benzene rings is 1. The van der Waals surface area contributed by atoms with E-state index in [1.54, 1.807) is 49.3 Å². The van der Waals surface area contributed by atoms with Gasteiger partial charge in [0.05, 0.1) is 29.8 Å². The van der Waals surface area contributed by atoms with Gasteiger partial charge in [-0.15, -0.1) is 0 Å². The van der Waals surface area contributed by atoms with Crippen molar-refractivity contribution >= 4 is 5.97 Å². The minimum absolute atomic E-state index is 0. The van der Waals surface area contributed by atoms with Gasteiger partial charge in [0, 0.05) is 24.8 Å². The molecule has 28 heavy (non-hydrogen) atoms. The van der Waals surface area contributed by atoms with Crippen molar-refractivity contribution in [2.45, 2.75) is 0 Å². The third kappa shape index (κ3) is 4.28. The van der Waals surface area contributed by atoms with E-state index in [1.165, 1.54) is 12.1 Å². The van der Waals surface area contributed by atoms with E-state index in [1.807, 2.05) is 12.1 Å². The molecule has 130 valence electrons. The molecule has 0 atom stereocenters. The summed E-state index contributed by atoms with van der Waals surface area (Å²) in [7, 11) is 0. The summed E-state index contributed by atoms with van der Waals surface area (Å²) in [6.45, 7) is 0. The molecule has 8 heteroatoms. The van der Waals surface area contributed by atoms with Crippen LogP contribution in [0, 0.1) is 0 Å². The van der Waals surface area contributed by atoms with Crippen LogP contribution in [0.25, 0.3) is 33.9 Å². The normalized spacial score (nSPS) is 10.1. The Bertz CT molecular complexity index is 1030. The van der Waals surface area contributed by atoms with E-state index in [0.717, 1.165) is 11.1 Å². The van der Waals surface area contributed by atoms with Gasteiger partial charge in [-0.25, -0.2) is 4.98 Å². The molecular weight excluding hydrogens is 365 g/mol. The van der Waals surface area contributed by atoms with Crippen molar-refractivity contribution in [2.75, 3.05) is 0 Å². The standard InChI is InChI=1S/C20H13N5O2.Na/c26-20(27)14-3-1-13(2-4-14)15-9-16(18-11-21-5-7-23-18)25-17(10-15)19-12-22-6-8-24-19;/h1-12H,(H,26,27);/q;+1/p-1. The zero-order valence-corrected chi connectivity index (χ0v) is 17.0. The topological polar surface area (TPSA) is 105 Å². The summed E-state index contributed by atoms with van der Waals surface area (Å²) in [4.78, 5) is 32.4. The van der Waals surface area contributed by atoms with Crippen LogP contribution in [-0.4, -0.2) is 30.9 Å². The van der Waals surface area contributed by atoms with Crippen molar-refractivity contribution in [3.63, 3.8) is 0 Å². The number of carbonyl (C=O) groups excluding carboxylic acids is 1. The minimum Gasteiger partial charge on any atom is -0.545 e. The average Bonchev–Trinajstić information content (AvgIpc) is 2.75. The molecule has 4 aromatic rings. The largest absolute Gasteiger partial charge is 1.00 e. The first-order chi connectivity index (χ1) is 13.2. The third-order valence-corrected chi connectivity index (χ3v) is 3.93. The zero-order valence-electron chi connectivity index (χ0n) is 15.0.